The largest absolute Gasteiger partial charge is 0.324 e. The Hall–Kier alpha value is -2.30. The molecule has 0 atom stereocenters. The van der Waals surface area contributed by atoms with Crippen LogP contribution in [0.5, 0.6) is 0 Å². The molecule has 0 unspecified atom stereocenters. The van der Waals surface area contributed by atoms with Gasteiger partial charge in [-0.1, -0.05) is 17.7 Å². The number of benzene rings is 1. The first-order valence-corrected chi connectivity index (χ1v) is 6.69. The van der Waals surface area contributed by atoms with Crippen molar-refractivity contribution in [3.8, 4) is 0 Å². The maximum absolute atomic E-state index is 12.0. The summed E-state index contributed by atoms with van der Waals surface area (Å²) in [6.07, 6.45) is 0. The zero-order chi connectivity index (χ0) is 14.7. The van der Waals surface area contributed by atoms with Gasteiger partial charge in [0.05, 0.1) is 5.69 Å². The summed E-state index contributed by atoms with van der Waals surface area (Å²) in [4.78, 5) is 12.0. The molecule has 0 saturated heterocycles. The molecule has 0 aliphatic heterocycles. The molecule has 20 heavy (non-hydrogen) atoms. The molecular formula is C15H20N4O. The molecule has 2 amide bonds. The second-order valence-corrected chi connectivity index (χ2v) is 4.88. The van der Waals surface area contributed by atoms with Crippen LogP contribution in [0.2, 0.25) is 0 Å². The average molecular weight is 272 g/mol. The molecule has 5 heteroatoms. The zero-order valence-corrected chi connectivity index (χ0v) is 12.3. The van der Waals surface area contributed by atoms with E-state index in [1.807, 2.05) is 52.0 Å². The van der Waals surface area contributed by atoms with Gasteiger partial charge in [0.1, 0.15) is 5.82 Å². The molecule has 0 radical (unpaired) electrons. The highest BCUT2D eigenvalue weighted by atomic mass is 16.2. The summed E-state index contributed by atoms with van der Waals surface area (Å²) < 4.78 is 1.76. The Morgan fingerprint density at radius 2 is 1.95 bits per heavy atom. The van der Waals surface area contributed by atoms with Gasteiger partial charge < -0.3 is 5.32 Å². The normalized spacial score (nSPS) is 10.4. The van der Waals surface area contributed by atoms with Crippen LogP contribution in [0.1, 0.15) is 23.7 Å². The van der Waals surface area contributed by atoms with Crippen LogP contribution < -0.4 is 10.6 Å². The lowest BCUT2D eigenvalue weighted by molar-refractivity contribution is 0.262. The minimum Gasteiger partial charge on any atom is -0.307 e. The third-order valence-electron chi connectivity index (χ3n) is 3.07. The minimum absolute atomic E-state index is 0.258. The Balaban J connectivity index is 2.09. The summed E-state index contributed by atoms with van der Waals surface area (Å²) in [5.41, 5.74) is 3.91. The van der Waals surface area contributed by atoms with Crippen molar-refractivity contribution in [2.45, 2.75) is 34.2 Å². The summed E-state index contributed by atoms with van der Waals surface area (Å²) >= 11 is 0. The van der Waals surface area contributed by atoms with Crippen LogP contribution in [0.3, 0.4) is 0 Å². The molecule has 0 bridgehead atoms. The number of rotatable bonds is 3. The van der Waals surface area contributed by atoms with Crippen molar-refractivity contribution >= 4 is 17.5 Å². The summed E-state index contributed by atoms with van der Waals surface area (Å²) in [7, 11) is 0. The lowest BCUT2D eigenvalue weighted by Gasteiger charge is -2.11. The summed E-state index contributed by atoms with van der Waals surface area (Å²) in [6, 6.07) is 7.52. The van der Waals surface area contributed by atoms with Gasteiger partial charge in [0, 0.05) is 18.3 Å². The minimum atomic E-state index is -0.258. The maximum Gasteiger partial charge on any atom is 0.324 e. The predicted molar refractivity (Wildman–Crippen MR) is 81.2 cm³/mol. The Kier molecular flexibility index (Phi) is 4.08. The van der Waals surface area contributed by atoms with E-state index in [0.29, 0.717) is 12.4 Å². The molecule has 0 aliphatic carbocycles. The molecule has 2 aromatic rings. The highest BCUT2D eigenvalue weighted by molar-refractivity contribution is 5.99. The van der Waals surface area contributed by atoms with Crippen LogP contribution in [-0.2, 0) is 6.54 Å². The number of nitrogens with one attached hydrogen (secondary N) is 2. The van der Waals surface area contributed by atoms with E-state index in [2.05, 4.69) is 15.7 Å². The van der Waals surface area contributed by atoms with Gasteiger partial charge in [-0.15, -0.1) is 0 Å². The number of nitrogens with zero attached hydrogens (tertiary/aromatic N) is 2. The molecule has 1 aromatic carbocycles. The van der Waals surface area contributed by atoms with Gasteiger partial charge in [0.25, 0.3) is 0 Å². The molecule has 0 aliphatic rings. The van der Waals surface area contributed by atoms with Gasteiger partial charge >= 0.3 is 6.03 Å². The quantitative estimate of drug-likeness (QED) is 0.898. The number of aryl methyl sites for hydroxylation is 4. The molecule has 0 saturated carbocycles. The van der Waals surface area contributed by atoms with Crippen LogP contribution >= 0.6 is 0 Å². The number of hydrogen-bond donors (Lipinski definition) is 2. The number of anilines is 2. The van der Waals surface area contributed by atoms with Crippen molar-refractivity contribution in [3.05, 3.63) is 41.1 Å². The number of urea groups is 1. The SMILES string of the molecule is CCn1nc(C)cc1NC(=O)Nc1ccc(C)cc1C. The standard InChI is InChI=1S/C15H20N4O/c1-5-19-14(9-12(4)18-19)17-15(20)16-13-7-6-10(2)8-11(13)3/h6-9H,5H2,1-4H3,(H2,16,17,20). The van der Waals surface area contributed by atoms with Gasteiger partial charge in [-0.2, -0.15) is 5.10 Å². The van der Waals surface area contributed by atoms with Crippen molar-refractivity contribution in [2.24, 2.45) is 0 Å². The molecule has 106 valence electrons. The Labute approximate surface area is 119 Å². The van der Waals surface area contributed by atoms with Crippen LogP contribution in [0.15, 0.2) is 24.3 Å². The van der Waals surface area contributed by atoms with E-state index in [4.69, 9.17) is 0 Å². The van der Waals surface area contributed by atoms with E-state index >= 15 is 0 Å². The van der Waals surface area contributed by atoms with Crippen molar-refractivity contribution in [1.82, 2.24) is 9.78 Å². The lowest BCUT2D eigenvalue weighted by atomic mass is 10.1. The number of carbonyl (C=O) groups excluding carboxylic acids is 1. The molecule has 1 aromatic heterocycles. The highest BCUT2D eigenvalue weighted by Gasteiger charge is 2.09. The first-order valence-electron chi connectivity index (χ1n) is 6.69. The zero-order valence-electron chi connectivity index (χ0n) is 12.3. The monoisotopic (exact) mass is 272 g/mol. The molecular weight excluding hydrogens is 252 g/mol. The fourth-order valence-electron chi connectivity index (χ4n) is 2.11. The molecule has 0 spiro atoms. The van der Waals surface area contributed by atoms with Crippen molar-refractivity contribution in [3.63, 3.8) is 0 Å². The van der Waals surface area contributed by atoms with E-state index in [-0.39, 0.29) is 6.03 Å². The summed E-state index contributed by atoms with van der Waals surface area (Å²) in [6.45, 7) is 8.61. The van der Waals surface area contributed by atoms with Crippen LogP contribution in [0.4, 0.5) is 16.3 Å². The Bertz CT molecular complexity index is 631. The van der Waals surface area contributed by atoms with Gasteiger partial charge in [-0.3, -0.25) is 5.32 Å². The molecule has 2 N–H and O–H groups in total. The summed E-state index contributed by atoms with van der Waals surface area (Å²) in [5, 5.41) is 9.97. The molecule has 0 fully saturated rings. The second-order valence-electron chi connectivity index (χ2n) is 4.88. The molecule has 1 heterocycles. The fourth-order valence-corrected chi connectivity index (χ4v) is 2.11. The van der Waals surface area contributed by atoms with E-state index in [0.717, 1.165) is 16.9 Å². The molecule has 2 rings (SSSR count). The van der Waals surface area contributed by atoms with E-state index in [9.17, 15) is 4.79 Å². The number of carbonyl (C=O) groups is 1. The maximum atomic E-state index is 12.0. The van der Waals surface area contributed by atoms with Crippen LogP contribution in [0, 0.1) is 20.8 Å². The van der Waals surface area contributed by atoms with E-state index in [1.165, 1.54) is 5.56 Å². The number of aromatic nitrogens is 2. The molecule has 5 nitrogen and oxygen atoms in total. The smallest absolute Gasteiger partial charge is 0.307 e. The van der Waals surface area contributed by atoms with Crippen molar-refractivity contribution in [1.29, 1.82) is 0 Å². The summed E-state index contributed by atoms with van der Waals surface area (Å²) in [5.74, 6) is 0.701. The van der Waals surface area contributed by atoms with Gasteiger partial charge in [-0.05, 0) is 39.3 Å². The van der Waals surface area contributed by atoms with E-state index < -0.39 is 0 Å². The first-order chi connectivity index (χ1) is 9.49. The van der Waals surface area contributed by atoms with Gasteiger partial charge in [-0.25, -0.2) is 9.48 Å². The average Bonchev–Trinajstić information content (AvgIpc) is 2.73. The van der Waals surface area contributed by atoms with Crippen LogP contribution in [-0.4, -0.2) is 15.8 Å². The third-order valence-corrected chi connectivity index (χ3v) is 3.07. The van der Waals surface area contributed by atoms with Crippen molar-refractivity contribution in [2.75, 3.05) is 10.6 Å². The second kappa shape index (κ2) is 5.77. The Morgan fingerprint density at radius 3 is 2.60 bits per heavy atom. The van der Waals surface area contributed by atoms with Gasteiger partial charge in [0.2, 0.25) is 0 Å². The lowest BCUT2D eigenvalue weighted by Crippen LogP contribution is -2.22. The van der Waals surface area contributed by atoms with Gasteiger partial charge in [0.15, 0.2) is 0 Å². The fraction of sp³-hybridized carbons (Fsp3) is 0.333. The predicted octanol–water partition coefficient (Wildman–Crippen LogP) is 3.47. The van der Waals surface area contributed by atoms with Crippen molar-refractivity contribution < 1.29 is 4.79 Å². The first kappa shape index (κ1) is 14.1. The third kappa shape index (κ3) is 3.17. The van der Waals surface area contributed by atoms with Crippen LogP contribution in [0.25, 0.3) is 0 Å². The Morgan fingerprint density at radius 1 is 1.20 bits per heavy atom. The number of hydrogen-bond acceptors (Lipinski definition) is 2. The van der Waals surface area contributed by atoms with E-state index in [1.54, 1.807) is 4.68 Å². The number of amides is 2. The highest BCUT2D eigenvalue weighted by Crippen LogP contribution is 2.17. The topological polar surface area (TPSA) is 59.0 Å².